The molecule has 0 unspecified atom stereocenters. The molecular formula is C21H30F3N3O4S. The number of ether oxygens (including phenoxy) is 1. The molecule has 1 N–H and O–H groups in total. The Balaban J connectivity index is 1.40. The summed E-state index contributed by atoms with van der Waals surface area (Å²) in [5.41, 5.74) is -0.901. The summed E-state index contributed by atoms with van der Waals surface area (Å²) in [4.78, 5) is 13.7. The van der Waals surface area contributed by atoms with Crippen LogP contribution in [0.1, 0.15) is 44.1 Å². The maximum absolute atomic E-state index is 12.7. The molecule has 7 nitrogen and oxygen atoms in total. The quantitative estimate of drug-likeness (QED) is 0.610. The van der Waals surface area contributed by atoms with Gasteiger partial charge in [0.15, 0.2) is 0 Å². The van der Waals surface area contributed by atoms with Gasteiger partial charge >= 0.3 is 12.2 Å². The Bertz CT molecular complexity index is 848. The van der Waals surface area contributed by atoms with E-state index >= 15 is 0 Å². The van der Waals surface area contributed by atoms with Gasteiger partial charge in [-0.2, -0.15) is 17.5 Å². The molecule has 0 aromatic heterocycles. The van der Waals surface area contributed by atoms with Crippen molar-refractivity contribution in [3.63, 3.8) is 0 Å². The Labute approximate surface area is 186 Å². The van der Waals surface area contributed by atoms with E-state index in [2.05, 4.69) is 5.32 Å². The molecule has 1 aromatic carbocycles. The van der Waals surface area contributed by atoms with Gasteiger partial charge in [0.2, 0.25) is 10.0 Å². The molecule has 2 fully saturated rings. The first kappa shape index (κ1) is 24.8. The first-order chi connectivity index (χ1) is 15.2. The van der Waals surface area contributed by atoms with Gasteiger partial charge in [0.1, 0.15) is 0 Å². The maximum atomic E-state index is 12.7. The Hall–Kier alpha value is -1.85. The van der Waals surface area contributed by atoms with Crippen LogP contribution < -0.4 is 5.32 Å². The van der Waals surface area contributed by atoms with Crippen LogP contribution in [0.5, 0.6) is 0 Å². The number of urea groups is 1. The number of benzene rings is 1. The van der Waals surface area contributed by atoms with Gasteiger partial charge in [-0.3, -0.25) is 0 Å². The smallest absolute Gasteiger partial charge is 0.378 e. The third-order valence-corrected chi connectivity index (χ3v) is 7.76. The highest BCUT2D eigenvalue weighted by Gasteiger charge is 2.33. The second-order valence-electron chi connectivity index (χ2n) is 8.13. The number of piperazine rings is 1. The zero-order chi connectivity index (χ0) is 23.2. The minimum absolute atomic E-state index is 0.0849. The standard InChI is InChI=1S/C21H30F3N3O4S/c22-21(23,24)17-7-9-19(10-8-17)32(29,30)27-14-12-26(13-15-27)20(28)25-11-4-16-31-18-5-2-1-3-6-18/h7-10,18H,1-6,11-16H2,(H,25,28). The lowest BCUT2D eigenvalue weighted by molar-refractivity contribution is -0.137. The van der Waals surface area contributed by atoms with E-state index < -0.39 is 21.8 Å². The predicted molar refractivity (Wildman–Crippen MR) is 113 cm³/mol. The van der Waals surface area contributed by atoms with Crippen molar-refractivity contribution in [3.8, 4) is 0 Å². The Morgan fingerprint density at radius 3 is 2.25 bits per heavy atom. The van der Waals surface area contributed by atoms with Crippen molar-refractivity contribution in [1.29, 1.82) is 0 Å². The molecule has 180 valence electrons. The van der Waals surface area contributed by atoms with Crippen molar-refractivity contribution < 1.29 is 31.1 Å². The molecule has 2 amide bonds. The van der Waals surface area contributed by atoms with Crippen molar-refractivity contribution in [2.24, 2.45) is 0 Å². The lowest BCUT2D eigenvalue weighted by Crippen LogP contribution is -2.53. The Morgan fingerprint density at radius 2 is 1.66 bits per heavy atom. The number of sulfonamides is 1. The summed E-state index contributed by atoms with van der Waals surface area (Å²) < 4.78 is 70.5. The molecule has 1 aliphatic carbocycles. The van der Waals surface area contributed by atoms with E-state index in [9.17, 15) is 26.4 Å². The molecule has 32 heavy (non-hydrogen) atoms. The van der Waals surface area contributed by atoms with Crippen molar-refractivity contribution in [1.82, 2.24) is 14.5 Å². The Morgan fingerprint density at radius 1 is 1.03 bits per heavy atom. The Kier molecular flexibility index (Phi) is 8.40. The number of carbonyl (C=O) groups is 1. The number of hydrogen-bond donors (Lipinski definition) is 1. The van der Waals surface area contributed by atoms with Gasteiger partial charge in [0.25, 0.3) is 0 Å². The van der Waals surface area contributed by atoms with Gasteiger partial charge in [0, 0.05) is 39.3 Å². The number of nitrogens with one attached hydrogen (secondary N) is 1. The fourth-order valence-electron chi connectivity index (χ4n) is 3.96. The van der Waals surface area contributed by atoms with Crippen LogP contribution in [0.2, 0.25) is 0 Å². The van der Waals surface area contributed by atoms with E-state index in [1.54, 1.807) is 4.90 Å². The van der Waals surface area contributed by atoms with Crippen LogP contribution in [0, 0.1) is 0 Å². The van der Waals surface area contributed by atoms with Crippen molar-refractivity contribution in [2.45, 2.75) is 55.7 Å². The van der Waals surface area contributed by atoms with Gasteiger partial charge in [-0.1, -0.05) is 19.3 Å². The van der Waals surface area contributed by atoms with Crippen LogP contribution in [0.25, 0.3) is 0 Å². The molecule has 0 radical (unpaired) electrons. The molecule has 0 spiro atoms. The summed E-state index contributed by atoms with van der Waals surface area (Å²) in [6, 6.07) is 3.19. The van der Waals surface area contributed by atoms with Crippen LogP contribution in [-0.2, 0) is 20.9 Å². The van der Waals surface area contributed by atoms with E-state index in [1.165, 1.54) is 23.6 Å². The number of halogens is 3. The molecule has 3 rings (SSSR count). The summed E-state index contributed by atoms with van der Waals surface area (Å²) >= 11 is 0. The number of alkyl halides is 3. The minimum atomic E-state index is -4.52. The minimum Gasteiger partial charge on any atom is -0.378 e. The molecular weight excluding hydrogens is 447 g/mol. The molecule has 11 heteroatoms. The predicted octanol–water partition coefficient (Wildman–Crippen LogP) is 3.46. The number of amides is 2. The second-order valence-corrected chi connectivity index (χ2v) is 10.1. The first-order valence-corrected chi connectivity index (χ1v) is 12.4. The fraction of sp³-hybridized carbons (Fsp3) is 0.667. The zero-order valence-electron chi connectivity index (χ0n) is 17.9. The van der Waals surface area contributed by atoms with Crippen molar-refractivity contribution in [3.05, 3.63) is 29.8 Å². The third kappa shape index (κ3) is 6.58. The first-order valence-electron chi connectivity index (χ1n) is 11.0. The van der Waals surface area contributed by atoms with E-state index in [4.69, 9.17) is 4.74 Å². The monoisotopic (exact) mass is 477 g/mol. The summed E-state index contributed by atoms with van der Waals surface area (Å²) in [5.74, 6) is 0. The lowest BCUT2D eigenvalue weighted by atomic mass is 9.98. The van der Waals surface area contributed by atoms with E-state index in [0.717, 1.165) is 37.1 Å². The average Bonchev–Trinajstić information content (AvgIpc) is 2.79. The molecule has 1 saturated carbocycles. The zero-order valence-corrected chi connectivity index (χ0v) is 18.8. The lowest BCUT2D eigenvalue weighted by Gasteiger charge is -2.34. The summed E-state index contributed by atoms with van der Waals surface area (Å²) in [5, 5.41) is 2.83. The van der Waals surface area contributed by atoms with E-state index in [0.29, 0.717) is 25.7 Å². The number of rotatable bonds is 7. The van der Waals surface area contributed by atoms with Crippen LogP contribution in [0.3, 0.4) is 0 Å². The highest BCUT2D eigenvalue weighted by molar-refractivity contribution is 7.89. The maximum Gasteiger partial charge on any atom is 0.416 e. The normalized spacial score (nSPS) is 19.2. The van der Waals surface area contributed by atoms with Crippen LogP contribution in [-0.4, -0.2) is 69.1 Å². The fourth-order valence-corrected chi connectivity index (χ4v) is 5.38. The highest BCUT2D eigenvalue weighted by Crippen LogP contribution is 2.30. The van der Waals surface area contributed by atoms with E-state index in [1.807, 2.05) is 0 Å². The molecule has 1 saturated heterocycles. The average molecular weight is 478 g/mol. The van der Waals surface area contributed by atoms with Crippen molar-refractivity contribution >= 4 is 16.1 Å². The third-order valence-electron chi connectivity index (χ3n) is 5.85. The van der Waals surface area contributed by atoms with Gasteiger partial charge < -0.3 is 15.0 Å². The number of carbonyl (C=O) groups excluding carboxylic acids is 1. The summed E-state index contributed by atoms with van der Waals surface area (Å²) in [7, 11) is -3.92. The van der Waals surface area contributed by atoms with Gasteiger partial charge in [-0.25, -0.2) is 13.2 Å². The molecule has 0 bridgehead atoms. The van der Waals surface area contributed by atoms with Crippen LogP contribution >= 0.6 is 0 Å². The van der Waals surface area contributed by atoms with Crippen LogP contribution in [0.15, 0.2) is 29.2 Å². The van der Waals surface area contributed by atoms with Gasteiger partial charge in [-0.05, 0) is 43.5 Å². The topological polar surface area (TPSA) is 79.0 Å². The van der Waals surface area contributed by atoms with Crippen molar-refractivity contribution in [2.75, 3.05) is 39.3 Å². The molecule has 2 aliphatic rings. The summed E-state index contributed by atoms with van der Waals surface area (Å²) in [6.45, 7) is 1.68. The largest absolute Gasteiger partial charge is 0.416 e. The molecule has 1 heterocycles. The number of hydrogen-bond acceptors (Lipinski definition) is 4. The number of nitrogens with zero attached hydrogens (tertiary/aromatic N) is 2. The van der Waals surface area contributed by atoms with Gasteiger partial charge in [-0.15, -0.1) is 0 Å². The van der Waals surface area contributed by atoms with Crippen LogP contribution in [0.4, 0.5) is 18.0 Å². The molecule has 1 aromatic rings. The molecule has 0 atom stereocenters. The van der Waals surface area contributed by atoms with E-state index in [-0.39, 0.29) is 37.1 Å². The van der Waals surface area contributed by atoms with Gasteiger partial charge in [0.05, 0.1) is 16.6 Å². The SMILES string of the molecule is O=C(NCCCOC1CCCCC1)N1CCN(S(=O)(=O)c2ccc(C(F)(F)F)cc2)CC1. The highest BCUT2D eigenvalue weighted by atomic mass is 32.2. The molecule has 1 aliphatic heterocycles. The summed E-state index contributed by atoms with van der Waals surface area (Å²) in [6.07, 6.45) is 2.42. The second kappa shape index (κ2) is 10.8.